The summed E-state index contributed by atoms with van der Waals surface area (Å²) in [4.78, 5) is 34.9. The molecule has 0 aromatic rings. The van der Waals surface area contributed by atoms with Crippen molar-refractivity contribution in [2.75, 3.05) is 6.54 Å². The second-order valence-corrected chi connectivity index (χ2v) is 3.30. The quantitative estimate of drug-likeness (QED) is 0.455. The number of carbonyl (C=O) groups is 3. The van der Waals surface area contributed by atoms with Crippen molar-refractivity contribution in [1.29, 1.82) is 0 Å². The van der Waals surface area contributed by atoms with Gasteiger partial charge in [-0.2, -0.15) is 0 Å². The summed E-state index contributed by atoms with van der Waals surface area (Å²) in [6.07, 6.45) is 2.58. The first kappa shape index (κ1) is 19.5. The Balaban J connectivity index is 0. The normalized spacial score (nSPS) is 10.8. The maximum absolute atomic E-state index is 11.8. The molecule has 0 saturated carbocycles. The summed E-state index contributed by atoms with van der Waals surface area (Å²) in [5.41, 5.74) is 10.8. The number of amides is 3. The molecule has 96 valence electrons. The Kier molecular flexibility index (Phi) is 11.0. The van der Waals surface area contributed by atoms with Crippen molar-refractivity contribution in [1.82, 2.24) is 4.90 Å². The van der Waals surface area contributed by atoms with Crippen LogP contribution in [0.5, 0.6) is 0 Å². The molecule has 0 bridgehead atoms. The number of rotatable bonds is 6. The van der Waals surface area contributed by atoms with Crippen LogP contribution in [0, 0.1) is 0 Å². The third kappa shape index (κ3) is 5.70. The second kappa shape index (κ2) is 10.2. The van der Waals surface area contributed by atoms with Crippen LogP contribution in [0.15, 0.2) is 25.3 Å². The first-order valence-electron chi connectivity index (χ1n) is 5.12. The average Bonchev–Trinajstić information content (AvgIpc) is 2.35. The van der Waals surface area contributed by atoms with Gasteiger partial charge in [-0.05, 0) is 31.5 Å². The van der Waals surface area contributed by atoms with Gasteiger partial charge in [0.05, 0.1) is 6.04 Å². The summed E-state index contributed by atoms with van der Waals surface area (Å²) in [6, 6.07) is -0.939. The van der Waals surface area contributed by atoms with E-state index in [0.717, 1.165) is 12.2 Å². The van der Waals surface area contributed by atoms with Crippen LogP contribution in [-0.2, 0) is 14.4 Å². The molecular formula is C11H18N3NaO3. The minimum absolute atomic E-state index is 0. The number of hydrogen-bond donors (Lipinski definition) is 2. The molecule has 1 atom stereocenters. The molecule has 3 amide bonds. The van der Waals surface area contributed by atoms with E-state index in [1.165, 1.54) is 0 Å². The van der Waals surface area contributed by atoms with Crippen LogP contribution in [0.1, 0.15) is 12.8 Å². The fourth-order valence-corrected chi connectivity index (χ4v) is 1.14. The van der Waals surface area contributed by atoms with E-state index in [1.54, 1.807) is 0 Å². The van der Waals surface area contributed by atoms with Gasteiger partial charge < -0.3 is 11.5 Å². The van der Waals surface area contributed by atoms with Crippen LogP contribution in [0.3, 0.4) is 0 Å². The van der Waals surface area contributed by atoms with Crippen LogP contribution in [-0.4, -0.2) is 64.8 Å². The SMILES string of the molecule is C=CC(=O)N(C(=O)C=C)C(=O)[C@@H](N)CCCN.[NaH]. The monoisotopic (exact) mass is 263 g/mol. The molecule has 0 aromatic carbocycles. The van der Waals surface area contributed by atoms with Gasteiger partial charge in [0.2, 0.25) is 0 Å². The molecule has 0 rings (SSSR count). The zero-order chi connectivity index (χ0) is 13.4. The Morgan fingerprint density at radius 1 is 1.17 bits per heavy atom. The maximum atomic E-state index is 11.8. The molecule has 0 fully saturated rings. The summed E-state index contributed by atoms with van der Waals surface area (Å²) < 4.78 is 0. The zero-order valence-electron chi connectivity index (χ0n) is 9.59. The molecule has 4 N–H and O–H groups in total. The van der Waals surface area contributed by atoms with Crippen molar-refractivity contribution in [3.8, 4) is 0 Å². The third-order valence-electron chi connectivity index (χ3n) is 2.05. The van der Waals surface area contributed by atoms with Gasteiger partial charge in [0.25, 0.3) is 17.7 Å². The molecule has 0 aliphatic heterocycles. The van der Waals surface area contributed by atoms with E-state index in [2.05, 4.69) is 13.2 Å². The number of nitrogens with two attached hydrogens (primary N) is 2. The molecule has 0 saturated heterocycles. The summed E-state index contributed by atoms with van der Waals surface area (Å²) >= 11 is 0. The topological polar surface area (TPSA) is 106 Å². The van der Waals surface area contributed by atoms with Crippen molar-refractivity contribution < 1.29 is 14.4 Å². The fraction of sp³-hybridized carbons (Fsp3) is 0.364. The predicted octanol–water partition coefficient (Wildman–Crippen LogP) is -1.34. The molecule has 7 heteroatoms. The molecule has 6 nitrogen and oxygen atoms in total. The molecule has 0 aliphatic rings. The summed E-state index contributed by atoms with van der Waals surface area (Å²) in [5, 5.41) is 0. The van der Waals surface area contributed by atoms with E-state index in [-0.39, 0.29) is 29.6 Å². The number of nitrogens with zero attached hydrogens (tertiary/aromatic N) is 1. The van der Waals surface area contributed by atoms with Gasteiger partial charge in [0.1, 0.15) is 0 Å². The zero-order valence-corrected chi connectivity index (χ0v) is 9.59. The Morgan fingerprint density at radius 2 is 1.61 bits per heavy atom. The van der Waals surface area contributed by atoms with Gasteiger partial charge in [-0.3, -0.25) is 14.4 Å². The number of carbonyl (C=O) groups excluding carboxylic acids is 3. The van der Waals surface area contributed by atoms with Gasteiger partial charge in [0, 0.05) is 0 Å². The molecule has 0 aliphatic carbocycles. The third-order valence-corrected chi connectivity index (χ3v) is 2.05. The van der Waals surface area contributed by atoms with Gasteiger partial charge >= 0.3 is 29.6 Å². The van der Waals surface area contributed by atoms with Gasteiger partial charge in [-0.25, -0.2) is 4.90 Å². The average molecular weight is 263 g/mol. The summed E-state index contributed by atoms with van der Waals surface area (Å²) in [6.45, 7) is 6.80. The first-order valence-corrected chi connectivity index (χ1v) is 5.12. The number of hydrogen-bond acceptors (Lipinski definition) is 5. The Hall–Kier alpha value is -0.790. The van der Waals surface area contributed by atoms with Crippen molar-refractivity contribution in [3.05, 3.63) is 25.3 Å². The van der Waals surface area contributed by atoms with Crippen LogP contribution >= 0.6 is 0 Å². The molecule has 0 spiro atoms. The van der Waals surface area contributed by atoms with Crippen molar-refractivity contribution in [3.63, 3.8) is 0 Å². The summed E-state index contributed by atoms with van der Waals surface area (Å²) in [5.74, 6) is -2.40. The van der Waals surface area contributed by atoms with Crippen LogP contribution in [0.2, 0.25) is 0 Å². The van der Waals surface area contributed by atoms with Crippen molar-refractivity contribution in [2.45, 2.75) is 18.9 Å². The minimum atomic E-state index is -0.939. The van der Waals surface area contributed by atoms with E-state index >= 15 is 0 Å². The Labute approximate surface area is 128 Å². The molecule has 0 unspecified atom stereocenters. The van der Waals surface area contributed by atoms with Gasteiger partial charge in [-0.15, -0.1) is 0 Å². The first-order chi connectivity index (χ1) is 7.99. The van der Waals surface area contributed by atoms with E-state index in [4.69, 9.17) is 11.5 Å². The van der Waals surface area contributed by atoms with E-state index in [0.29, 0.717) is 24.3 Å². The van der Waals surface area contributed by atoms with Crippen LogP contribution < -0.4 is 11.5 Å². The van der Waals surface area contributed by atoms with Crippen LogP contribution in [0.25, 0.3) is 0 Å². The Morgan fingerprint density at radius 3 is 1.94 bits per heavy atom. The van der Waals surface area contributed by atoms with E-state index in [9.17, 15) is 14.4 Å². The molecular weight excluding hydrogens is 245 g/mol. The summed E-state index contributed by atoms with van der Waals surface area (Å²) in [7, 11) is 0. The molecule has 0 heterocycles. The predicted molar refractivity (Wildman–Crippen MR) is 70.7 cm³/mol. The Bertz CT molecular complexity index is 324. The van der Waals surface area contributed by atoms with Gasteiger partial charge in [0.15, 0.2) is 0 Å². The fourth-order valence-electron chi connectivity index (χ4n) is 1.14. The molecule has 0 aromatic heterocycles. The standard InChI is InChI=1S/C11H17N3O3.Na.H/c1-3-9(15)14(10(16)4-2)11(17)8(13)6-5-7-12;;/h3-4,8H,1-2,5-7,12-13H2;;/t8-;;/m0../s1. The number of imide groups is 3. The van der Waals surface area contributed by atoms with Crippen molar-refractivity contribution in [2.24, 2.45) is 11.5 Å². The van der Waals surface area contributed by atoms with E-state index in [1.807, 2.05) is 0 Å². The van der Waals surface area contributed by atoms with Crippen molar-refractivity contribution >= 4 is 47.3 Å². The van der Waals surface area contributed by atoms with Crippen LogP contribution in [0.4, 0.5) is 0 Å². The van der Waals surface area contributed by atoms with E-state index < -0.39 is 23.8 Å². The molecule has 18 heavy (non-hydrogen) atoms. The molecule has 0 radical (unpaired) electrons. The second-order valence-electron chi connectivity index (χ2n) is 3.30. The van der Waals surface area contributed by atoms with Gasteiger partial charge in [-0.1, -0.05) is 13.2 Å².